The van der Waals surface area contributed by atoms with Crippen molar-refractivity contribution in [3.8, 4) is 0 Å². The molecular weight excluding hydrogens is 242 g/mol. The third kappa shape index (κ3) is 4.99. The van der Waals surface area contributed by atoms with Crippen LogP contribution in [0.2, 0.25) is 0 Å². The first-order chi connectivity index (χ1) is 8.86. The number of piperidine rings is 1. The summed E-state index contributed by atoms with van der Waals surface area (Å²) in [4.78, 5) is 15.6. The lowest BCUT2D eigenvalue weighted by molar-refractivity contribution is 0.0930. The number of likely N-dealkylation sites (tertiary alicyclic amines) is 1. The molecule has 1 amide bonds. The van der Waals surface area contributed by atoms with Crippen LogP contribution < -0.4 is 5.32 Å². The van der Waals surface area contributed by atoms with E-state index in [1.54, 1.807) is 4.90 Å². The van der Waals surface area contributed by atoms with Gasteiger partial charge in [0.15, 0.2) is 0 Å². The highest BCUT2D eigenvalue weighted by Gasteiger charge is 2.26. The molecule has 1 N–H and O–H groups in total. The van der Waals surface area contributed by atoms with Crippen LogP contribution >= 0.6 is 0 Å². The summed E-state index contributed by atoms with van der Waals surface area (Å²) >= 11 is 0. The van der Waals surface area contributed by atoms with Gasteiger partial charge in [-0.15, -0.1) is 0 Å². The first-order valence-corrected chi connectivity index (χ1v) is 7.19. The van der Waals surface area contributed by atoms with Gasteiger partial charge in [-0.3, -0.25) is 0 Å². The average molecular weight is 271 g/mol. The van der Waals surface area contributed by atoms with Gasteiger partial charge in [-0.05, 0) is 47.7 Å². The summed E-state index contributed by atoms with van der Waals surface area (Å²) in [6.07, 6.45) is 1.83. The molecule has 0 unspecified atom stereocenters. The van der Waals surface area contributed by atoms with E-state index in [4.69, 9.17) is 4.74 Å². The zero-order chi connectivity index (χ0) is 14.5. The quantitative estimate of drug-likeness (QED) is 0.824. The SMILES string of the molecule is CCOC(=O)N1CCC(NCC(C)(C)N(C)C)CC1. The number of ether oxygens (including phenoxy) is 1. The summed E-state index contributed by atoms with van der Waals surface area (Å²) in [5, 5.41) is 3.61. The number of carbonyl (C=O) groups is 1. The number of carbonyl (C=O) groups excluding carboxylic acids is 1. The predicted octanol–water partition coefficient (Wildman–Crippen LogP) is 1.54. The van der Waals surface area contributed by atoms with E-state index in [0.717, 1.165) is 32.5 Å². The minimum Gasteiger partial charge on any atom is -0.450 e. The van der Waals surface area contributed by atoms with Crippen LogP contribution in [0.5, 0.6) is 0 Å². The molecule has 1 fully saturated rings. The number of likely N-dealkylation sites (N-methyl/N-ethyl adjacent to an activating group) is 1. The second-order valence-electron chi connectivity index (χ2n) is 6.05. The largest absolute Gasteiger partial charge is 0.450 e. The fourth-order valence-electron chi connectivity index (χ4n) is 2.03. The van der Waals surface area contributed by atoms with E-state index in [-0.39, 0.29) is 11.6 Å². The van der Waals surface area contributed by atoms with Gasteiger partial charge in [0, 0.05) is 31.2 Å². The molecule has 112 valence electrons. The van der Waals surface area contributed by atoms with Crippen molar-refractivity contribution >= 4 is 6.09 Å². The molecule has 0 atom stereocenters. The van der Waals surface area contributed by atoms with Crippen LogP contribution in [-0.4, -0.2) is 67.8 Å². The topological polar surface area (TPSA) is 44.8 Å². The fraction of sp³-hybridized carbons (Fsp3) is 0.929. The van der Waals surface area contributed by atoms with Gasteiger partial charge in [0.05, 0.1) is 6.61 Å². The van der Waals surface area contributed by atoms with Gasteiger partial charge in [0.25, 0.3) is 0 Å². The van der Waals surface area contributed by atoms with Crippen LogP contribution in [0, 0.1) is 0 Å². The van der Waals surface area contributed by atoms with Crippen LogP contribution in [-0.2, 0) is 4.74 Å². The van der Waals surface area contributed by atoms with Crippen LogP contribution in [0.3, 0.4) is 0 Å². The van der Waals surface area contributed by atoms with E-state index < -0.39 is 0 Å². The highest BCUT2D eigenvalue weighted by Crippen LogP contribution is 2.14. The summed E-state index contributed by atoms with van der Waals surface area (Å²) in [7, 11) is 4.20. The Bertz CT molecular complexity index is 284. The van der Waals surface area contributed by atoms with Gasteiger partial charge in [-0.2, -0.15) is 0 Å². The summed E-state index contributed by atoms with van der Waals surface area (Å²) in [5.74, 6) is 0. The molecule has 1 aliphatic heterocycles. The molecule has 1 aliphatic rings. The van der Waals surface area contributed by atoms with Crippen molar-refractivity contribution in [2.75, 3.05) is 40.3 Å². The van der Waals surface area contributed by atoms with Gasteiger partial charge in [-0.25, -0.2) is 4.79 Å². The van der Waals surface area contributed by atoms with E-state index in [0.29, 0.717) is 12.6 Å². The van der Waals surface area contributed by atoms with Crippen molar-refractivity contribution < 1.29 is 9.53 Å². The summed E-state index contributed by atoms with van der Waals surface area (Å²) in [5.41, 5.74) is 0.151. The molecule has 0 spiro atoms. The first-order valence-electron chi connectivity index (χ1n) is 7.19. The van der Waals surface area contributed by atoms with Crippen molar-refractivity contribution in [1.82, 2.24) is 15.1 Å². The van der Waals surface area contributed by atoms with Gasteiger partial charge >= 0.3 is 6.09 Å². The third-order valence-corrected chi connectivity index (χ3v) is 4.05. The molecule has 0 radical (unpaired) electrons. The van der Waals surface area contributed by atoms with Gasteiger partial charge in [0.2, 0.25) is 0 Å². The van der Waals surface area contributed by atoms with E-state index in [1.165, 1.54) is 0 Å². The number of hydrogen-bond donors (Lipinski definition) is 1. The number of rotatable bonds is 5. The molecule has 19 heavy (non-hydrogen) atoms. The van der Waals surface area contributed by atoms with E-state index in [1.807, 2.05) is 6.92 Å². The number of nitrogens with zero attached hydrogens (tertiary/aromatic N) is 2. The highest BCUT2D eigenvalue weighted by atomic mass is 16.6. The monoisotopic (exact) mass is 271 g/mol. The molecule has 5 nitrogen and oxygen atoms in total. The molecule has 0 aromatic carbocycles. The highest BCUT2D eigenvalue weighted by molar-refractivity contribution is 5.67. The lowest BCUT2D eigenvalue weighted by atomic mass is 10.0. The Morgan fingerprint density at radius 1 is 1.37 bits per heavy atom. The second kappa shape index (κ2) is 7.10. The molecule has 0 aromatic rings. The smallest absolute Gasteiger partial charge is 0.409 e. The molecular formula is C14H29N3O2. The maximum absolute atomic E-state index is 11.6. The van der Waals surface area contributed by atoms with Gasteiger partial charge < -0.3 is 19.9 Å². The molecule has 0 bridgehead atoms. The minimum atomic E-state index is -0.172. The lowest BCUT2D eigenvalue weighted by Crippen LogP contribution is -2.52. The van der Waals surface area contributed by atoms with Gasteiger partial charge in [0.1, 0.15) is 0 Å². The number of nitrogens with one attached hydrogen (secondary N) is 1. The summed E-state index contributed by atoms with van der Waals surface area (Å²) in [6.45, 7) is 9.30. The number of amides is 1. The Balaban J connectivity index is 2.29. The minimum absolute atomic E-state index is 0.151. The van der Waals surface area contributed by atoms with E-state index >= 15 is 0 Å². The van der Waals surface area contributed by atoms with Crippen LogP contribution in [0.4, 0.5) is 4.79 Å². The van der Waals surface area contributed by atoms with Crippen molar-refractivity contribution in [2.24, 2.45) is 0 Å². The molecule has 0 saturated carbocycles. The Kier molecular flexibility index (Phi) is 6.07. The van der Waals surface area contributed by atoms with E-state index in [2.05, 4.69) is 38.2 Å². The standard InChI is InChI=1S/C14H29N3O2/c1-6-19-13(18)17-9-7-12(8-10-17)15-11-14(2,3)16(4)5/h12,15H,6-11H2,1-5H3. The Morgan fingerprint density at radius 3 is 2.42 bits per heavy atom. The van der Waals surface area contributed by atoms with Crippen LogP contribution in [0.1, 0.15) is 33.6 Å². The maximum atomic E-state index is 11.6. The van der Waals surface area contributed by atoms with Crippen molar-refractivity contribution in [3.05, 3.63) is 0 Å². The summed E-state index contributed by atoms with van der Waals surface area (Å²) < 4.78 is 5.02. The van der Waals surface area contributed by atoms with E-state index in [9.17, 15) is 4.79 Å². The fourth-order valence-corrected chi connectivity index (χ4v) is 2.03. The third-order valence-electron chi connectivity index (χ3n) is 4.05. The predicted molar refractivity (Wildman–Crippen MR) is 77.4 cm³/mol. The second-order valence-corrected chi connectivity index (χ2v) is 6.05. The molecule has 0 aliphatic carbocycles. The number of hydrogen-bond acceptors (Lipinski definition) is 4. The molecule has 0 aromatic heterocycles. The average Bonchev–Trinajstić information content (AvgIpc) is 2.37. The molecule has 1 rings (SSSR count). The Labute approximate surface area is 117 Å². The summed E-state index contributed by atoms with van der Waals surface area (Å²) in [6, 6.07) is 0.505. The maximum Gasteiger partial charge on any atom is 0.409 e. The van der Waals surface area contributed by atoms with Crippen molar-refractivity contribution in [3.63, 3.8) is 0 Å². The van der Waals surface area contributed by atoms with Crippen LogP contribution in [0.15, 0.2) is 0 Å². The lowest BCUT2D eigenvalue weighted by Gasteiger charge is -2.37. The Hall–Kier alpha value is -0.810. The molecule has 5 heteroatoms. The Morgan fingerprint density at radius 2 is 1.95 bits per heavy atom. The molecule has 1 heterocycles. The van der Waals surface area contributed by atoms with Gasteiger partial charge in [-0.1, -0.05) is 0 Å². The zero-order valence-electron chi connectivity index (χ0n) is 13.0. The zero-order valence-corrected chi connectivity index (χ0v) is 13.0. The van der Waals surface area contributed by atoms with Crippen molar-refractivity contribution in [2.45, 2.75) is 45.2 Å². The van der Waals surface area contributed by atoms with Crippen molar-refractivity contribution in [1.29, 1.82) is 0 Å². The normalized spacial score (nSPS) is 17.9. The first kappa shape index (κ1) is 16.2. The van der Waals surface area contributed by atoms with Crippen LogP contribution in [0.25, 0.3) is 0 Å². The molecule has 1 saturated heterocycles.